The van der Waals surface area contributed by atoms with Crippen molar-refractivity contribution in [3.05, 3.63) is 46.2 Å². The molecule has 114 valence electrons. The molecule has 0 radical (unpaired) electrons. The van der Waals surface area contributed by atoms with Crippen molar-refractivity contribution in [1.29, 1.82) is 0 Å². The Labute approximate surface area is 128 Å². The van der Waals surface area contributed by atoms with Crippen molar-refractivity contribution >= 4 is 31.6 Å². The number of anilines is 1. The summed E-state index contributed by atoms with van der Waals surface area (Å²) in [6.07, 6.45) is 1.30. The molecule has 21 heavy (non-hydrogen) atoms. The molecule has 0 aliphatic heterocycles. The molecular weight excluding hydrogens is 368 g/mol. The summed E-state index contributed by atoms with van der Waals surface area (Å²) in [5.41, 5.74) is 0.323. The third kappa shape index (κ3) is 3.60. The van der Waals surface area contributed by atoms with E-state index in [-0.39, 0.29) is 15.1 Å². The first-order chi connectivity index (χ1) is 9.83. The highest BCUT2D eigenvalue weighted by molar-refractivity contribution is 9.10. The molecule has 0 saturated heterocycles. The minimum absolute atomic E-state index is 0.0189. The number of sulfonamides is 1. The molecule has 0 bridgehead atoms. The number of H-pyrrole nitrogens is 1. The zero-order valence-corrected chi connectivity index (χ0v) is 13.3. The second-order valence-corrected chi connectivity index (χ2v) is 6.78. The third-order valence-corrected chi connectivity index (χ3v) is 4.59. The van der Waals surface area contributed by atoms with Crippen LogP contribution >= 0.6 is 15.9 Å². The van der Waals surface area contributed by atoms with Crippen LogP contribution in [0.3, 0.4) is 0 Å². The van der Waals surface area contributed by atoms with Crippen LogP contribution < -0.4 is 10.0 Å². The maximum atomic E-state index is 13.7. The van der Waals surface area contributed by atoms with Crippen molar-refractivity contribution in [1.82, 2.24) is 10.3 Å². The molecule has 0 amide bonds. The van der Waals surface area contributed by atoms with Gasteiger partial charge in [-0.15, -0.1) is 0 Å². The van der Waals surface area contributed by atoms with Gasteiger partial charge in [0.2, 0.25) is 0 Å². The van der Waals surface area contributed by atoms with Gasteiger partial charge in [0.25, 0.3) is 10.0 Å². The van der Waals surface area contributed by atoms with E-state index >= 15 is 0 Å². The minimum Gasteiger partial charge on any atom is -0.363 e. The van der Waals surface area contributed by atoms with Crippen molar-refractivity contribution in [3.8, 4) is 0 Å². The Balaban J connectivity index is 2.33. The molecule has 0 fully saturated rings. The molecule has 1 heterocycles. The van der Waals surface area contributed by atoms with Gasteiger partial charge < -0.3 is 10.3 Å². The van der Waals surface area contributed by atoms with Gasteiger partial charge in [0.1, 0.15) is 10.7 Å². The number of aromatic amines is 1. The summed E-state index contributed by atoms with van der Waals surface area (Å²) in [6, 6.07) is 3.00. The molecule has 3 N–H and O–H groups in total. The summed E-state index contributed by atoms with van der Waals surface area (Å²) >= 11 is 2.93. The second-order valence-electron chi connectivity index (χ2n) is 4.24. The van der Waals surface area contributed by atoms with Crippen molar-refractivity contribution in [2.45, 2.75) is 11.4 Å². The average Bonchev–Trinajstić information content (AvgIpc) is 2.84. The van der Waals surface area contributed by atoms with Gasteiger partial charge in [0.05, 0.1) is 5.69 Å². The molecule has 0 saturated carbocycles. The van der Waals surface area contributed by atoms with Crippen LogP contribution in [-0.4, -0.2) is 20.4 Å². The number of hydrogen-bond donors (Lipinski definition) is 3. The first-order valence-electron chi connectivity index (χ1n) is 5.83. The van der Waals surface area contributed by atoms with Gasteiger partial charge in [-0.25, -0.2) is 17.2 Å². The van der Waals surface area contributed by atoms with Crippen LogP contribution in [0.4, 0.5) is 14.5 Å². The lowest BCUT2D eigenvalue weighted by Gasteiger charge is -2.09. The third-order valence-electron chi connectivity index (χ3n) is 2.64. The molecule has 0 aliphatic carbocycles. The van der Waals surface area contributed by atoms with E-state index < -0.39 is 21.7 Å². The molecule has 5 nitrogen and oxygen atoms in total. The highest BCUT2D eigenvalue weighted by atomic mass is 79.9. The summed E-state index contributed by atoms with van der Waals surface area (Å²) in [7, 11) is -2.25. The Morgan fingerprint density at radius 1 is 1.29 bits per heavy atom. The number of rotatable bonds is 5. The number of halogens is 3. The molecule has 0 spiro atoms. The number of nitrogens with one attached hydrogen (secondary N) is 3. The lowest BCUT2D eigenvalue weighted by Crippen LogP contribution is -2.14. The van der Waals surface area contributed by atoms with E-state index in [1.807, 2.05) is 0 Å². The highest BCUT2D eigenvalue weighted by Gasteiger charge is 2.20. The van der Waals surface area contributed by atoms with E-state index in [0.29, 0.717) is 18.3 Å². The van der Waals surface area contributed by atoms with E-state index in [2.05, 4.69) is 31.0 Å². The summed E-state index contributed by atoms with van der Waals surface area (Å²) in [5.74, 6) is -1.81. The van der Waals surface area contributed by atoms with Crippen molar-refractivity contribution in [2.75, 3.05) is 11.8 Å². The summed E-state index contributed by atoms with van der Waals surface area (Å²) in [6.45, 7) is 0.462. The van der Waals surface area contributed by atoms with Gasteiger partial charge in [0, 0.05) is 29.0 Å². The topological polar surface area (TPSA) is 74.0 Å². The van der Waals surface area contributed by atoms with Crippen molar-refractivity contribution in [2.24, 2.45) is 0 Å². The second kappa shape index (κ2) is 6.12. The van der Waals surface area contributed by atoms with E-state index in [1.165, 1.54) is 12.3 Å². The Morgan fingerprint density at radius 2 is 2.00 bits per heavy atom. The summed E-state index contributed by atoms with van der Waals surface area (Å²) in [4.78, 5) is 2.75. The van der Waals surface area contributed by atoms with Crippen molar-refractivity contribution in [3.63, 3.8) is 0 Å². The maximum Gasteiger partial charge on any atom is 0.263 e. The Kier molecular flexibility index (Phi) is 4.64. The van der Waals surface area contributed by atoms with Crippen LogP contribution in [0.5, 0.6) is 0 Å². The molecule has 9 heteroatoms. The molecule has 2 rings (SSSR count). The van der Waals surface area contributed by atoms with Gasteiger partial charge >= 0.3 is 0 Å². The van der Waals surface area contributed by atoms with E-state index in [4.69, 9.17) is 0 Å². The van der Waals surface area contributed by atoms with E-state index in [1.54, 1.807) is 7.05 Å². The predicted molar refractivity (Wildman–Crippen MR) is 78.4 cm³/mol. The quantitative estimate of drug-likeness (QED) is 0.747. The monoisotopic (exact) mass is 379 g/mol. The van der Waals surface area contributed by atoms with Crippen LogP contribution in [0.15, 0.2) is 33.8 Å². The Bertz CT molecular complexity index is 739. The van der Waals surface area contributed by atoms with Gasteiger partial charge in [-0.05, 0) is 35.1 Å². The zero-order valence-electron chi connectivity index (χ0n) is 10.9. The largest absolute Gasteiger partial charge is 0.363 e. The van der Waals surface area contributed by atoms with E-state index in [0.717, 1.165) is 6.07 Å². The van der Waals surface area contributed by atoms with E-state index in [9.17, 15) is 17.2 Å². The minimum atomic E-state index is -3.97. The van der Waals surface area contributed by atoms with Crippen LogP contribution in [0.1, 0.15) is 5.69 Å². The standard InChI is InChI=1S/C12H12BrF2N3O2S/c1-16-5-8-4-9(6-17-8)21(19,20)18-12-10(13)2-7(14)3-11(12)15/h2-4,6,16-18H,5H2,1H3. The van der Waals surface area contributed by atoms with Gasteiger partial charge in [-0.2, -0.15) is 0 Å². The summed E-state index contributed by atoms with van der Waals surface area (Å²) in [5, 5.41) is 2.87. The SMILES string of the molecule is CNCc1cc(S(=O)(=O)Nc2c(F)cc(F)cc2Br)c[nH]1. The first-order valence-corrected chi connectivity index (χ1v) is 8.10. The lowest BCUT2D eigenvalue weighted by molar-refractivity contribution is 0.581. The molecule has 0 unspecified atom stereocenters. The highest BCUT2D eigenvalue weighted by Crippen LogP contribution is 2.29. The predicted octanol–water partition coefficient (Wildman–Crippen LogP) is 2.58. The number of aromatic nitrogens is 1. The average molecular weight is 380 g/mol. The number of benzene rings is 1. The molecule has 0 atom stereocenters. The lowest BCUT2D eigenvalue weighted by atomic mass is 10.3. The molecule has 1 aromatic heterocycles. The maximum absolute atomic E-state index is 13.7. The normalized spacial score (nSPS) is 11.6. The molecule has 1 aromatic carbocycles. The van der Waals surface area contributed by atoms with Gasteiger partial charge in [-0.3, -0.25) is 4.72 Å². The van der Waals surface area contributed by atoms with Crippen LogP contribution in [0.25, 0.3) is 0 Å². The molecular formula is C12H12BrF2N3O2S. The number of hydrogen-bond acceptors (Lipinski definition) is 3. The Morgan fingerprint density at radius 3 is 2.62 bits per heavy atom. The fourth-order valence-corrected chi connectivity index (χ4v) is 3.44. The fraction of sp³-hybridized carbons (Fsp3) is 0.167. The van der Waals surface area contributed by atoms with Crippen LogP contribution in [0, 0.1) is 11.6 Å². The van der Waals surface area contributed by atoms with Gasteiger partial charge in [-0.1, -0.05) is 0 Å². The smallest absolute Gasteiger partial charge is 0.263 e. The zero-order chi connectivity index (χ0) is 15.6. The van der Waals surface area contributed by atoms with Crippen LogP contribution in [0.2, 0.25) is 0 Å². The van der Waals surface area contributed by atoms with Crippen LogP contribution in [-0.2, 0) is 16.6 Å². The summed E-state index contributed by atoms with van der Waals surface area (Å²) < 4.78 is 53.1. The first kappa shape index (κ1) is 15.9. The van der Waals surface area contributed by atoms with Crippen molar-refractivity contribution < 1.29 is 17.2 Å². The Hall–Kier alpha value is -1.45. The van der Waals surface area contributed by atoms with Gasteiger partial charge in [0.15, 0.2) is 5.82 Å². The molecule has 0 aliphatic rings. The molecule has 2 aromatic rings. The fourth-order valence-electron chi connectivity index (χ4n) is 1.70.